The van der Waals surface area contributed by atoms with Crippen molar-refractivity contribution in [2.75, 3.05) is 46.3 Å². The second-order valence-electron chi connectivity index (χ2n) is 12.5. The zero-order valence-electron chi connectivity index (χ0n) is 27.1. The number of primary amides is 1. The summed E-state index contributed by atoms with van der Waals surface area (Å²) in [6, 6.07) is 0.837. The molecule has 0 saturated carbocycles. The maximum absolute atomic E-state index is 14.2. The van der Waals surface area contributed by atoms with Gasteiger partial charge in [-0.3, -0.25) is 14.4 Å². The summed E-state index contributed by atoms with van der Waals surface area (Å²) in [6.45, 7) is 2.89. The van der Waals surface area contributed by atoms with Crippen LogP contribution in [0.2, 0.25) is 0 Å². The monoisotopic (exact) mass is 632 g/mol. The van der Waals surface area contributed by atoms with Crippen LogP contribution in [-0.2, 0) is 27.3 Å². The number of aromatic hydroxyl groups is 1. The van der Waals surface area contributed by atoms with Gasteiger partial charge in [0.2, 0.25) is 5.91 Å². The van der Waals surface area contributed by atoms with E-state index in [0.717, 1.165) is 25.7 Å². The van der Waals surface area contributed by atoms with Crippen LogP contribution in [0.4, 0.5) is 10.5 Å². The summed E-state index contributed by atoms with van der Waals surface area (Å²) in [5.74, 6) is -7.54. The molecule has 5 atom stereocenters. The maximum Gasteiger partial charge on any atom is 0.407 e. The van der Waals surface area contributed by atoms with Crippen molar-refractivity contribution < 1.29 is 44.3 Å². The van der Waals surface area contributed by atoms with Crippen LogP contribution in [0.25, 0.3) is 0 Å². The number of fused-ring (bicyclic) bond motifs is 2. The van der Waals surface area contributed by atoms with Crippen molar-refractivity contribution >= 4 is 29.3 Å². The minimum absolute atomic E-state index is 0.00271. The van der Waals surface area contributed by atoms with Crippen LogP contribution in [0.5, 0.6) is 5.75 Å². The number of allylic oxidation sites excluding steroid dienone is 1. The van der Waals surface area contributed by atoms with Gasteiger partial charge in [0.15, 0.2) is 17.2 Å². The third-order valence-electron chi connectivity index (χ3n) is 9.13. The predicted octanol–water partition coefficient (Wildman–Crippen LogP) is 1.80. The Balaban J connectivity index is 2.10. The van der Waals surface area contributed by atoms with Crippen molar-refractivity contribution in [3.8, 4) is 5.75 Å². The van der Waals surface area contributed by atoms with Gasteiger partial charge in [0.1, 0.15) is 11.5 Å². The number of phenols is 1. The molecule has 0 saturated heterocycles. The molecule has 250 valence electrons. The molecule has 13 heteroatoms. The van der Waals surface area contributed by atoms with Gasteiger partial charge >= 0.3 is 6.09 Å². The van der Waals surface area contributed by atoms with Gasteiger partial charge in [-0.05, 0) is 57.8 Å². The second kappa shape index (κ2) is 14.6. The Morgan fingerprint density at radius 3 is 2.38 bits per heavy atom. The minimum Gasteiger partial charge on any atom is -0.508 e. The number of alkyl carbamates (subject to hydrolysis) is 1. The number of nitrogens with one attached hydrogen (secondary N) is 1. The quantitative estimate of drug-likeness (QED) is 0.129. The van der Waals surface area contributed by atoms with E-state index in [4.69, 9.17) is 10.5 Å². The Morgan fingerprint density at radius 2 is 1.82 bits per heavy atom. The number of amides is 2. The highest BCUT2D eigenvalue weighted by Crippen LogP contribution is 2.51. The van der Waals surface area contributed by atoms with Crippen molar-refractivity contribution in [1.82, 2.24) is 10.2 Å². The molecule has 2 aliphatic rings. The summed E-state index contributed by atoms with van der Waals surface area (Å²) < 4.78 is 5.22. The van der Waals surface area contributed by atoms with E-state index in [1.165, 1.54) is 6.92 Å². The van der Waals surface area contributed by atoms with Crippen molar-refractivity contribution in [1.29, 1.82) is 0 Å². The van der Waals surface area contributed by atoms with Crippen molar-refractivity contribution in [3.05, 3.63) is 34.1 Å². The lowest BCUT2D eigenvalue weighted by Gasteiger charge is -2.48. The largest absolute Gasteiger partial charge is 0.508 e. The Labute approximate surface area is 264 Å². The van der Waals surface area contributed by atoms with E-state index in [2.05, 4.69) is 12.2 Å². The van der Waals surface area contributed by atoms with Gasteiger partial charge < -0.3 is 46.0 Å². The normalized spacial score (nSPS) is 22.4. The van der Waals surface area contributed by atoms with Gasteiger partial charge in [-0.1, -0.05) is 26.2 Å². The zero-order valence-corrected chi connectivity index (χ0v) is 27.1. The zero-order chi connectivity index (χ0) is 33.8. The molecule has 45 heavy (non-hydrogen) atoms. The summed E-state index contributed by atoms with van der Waals surface area (Å²) in [7, 11) is 6.81. The van der Waals surface area contributed by atoms with E-state index in [1.807, 2.05) is 0 Å². The molecular formula is C32H48N4O9. The first kappa shape index (κ1) is 35.8. The number of ketones is 2. The molecular weight excluding hydrogens is 584 g/mol. The van der Waals surface area contributed by atoms with Crippen LogP contribution in [0, 0.1) is 17.8 Å². The highest BCUT2D eigenvalue weighted by Gasteiger charge is 2.59. The number of carbonyl (C=O) groups excluding carboxylic acids is 4. The molecule has 2 amide bonds. The Kier molecular flexibility index (Phi) is 11.6. The number of aliphatic hydroxyl groups excluding tert-OH is 2. The number of anilines is 1. The number of ether oxygens (including phenoxy) is 1. The van der Waals surface area contributed by atoms with Crippen LogP contribution >= 0.6 is 0 Å². The predicted molar refractivity (Wildman–Crippen MR) is 167 cm³/mol. The average molecular weight is 633 g/mol. The standard InChI is InChI=1S/C32H48N4O9/c1-7-8-9-10-11-45-31(43)34-15-19-14-22(35(3)4)20-12-18-13-21(23(16-37)36(5)6)32(44,28(40)17(2)30(33)42)29(41)24(18)27(39)25(20)26(19)38/h14,17-18,21,23,37-38,41,44H,7-13,15-16H2,1-6H3,(H2,33,42)(H,34,43)/t17?,18-,21-,23+,32+/m0/s1. The van der Waals surface area contributed by atoms with Crippen LogP contribution in [-0.4, -0.2) is 102 Å². The topological polar surface area (TPSA) is 203 Å². The van der Waals surface area contributed by atoms with Crippen molar-refractivity contribution in [2.45, 2.75) is 70.6 Å². The van der Waals surface area contributed by atoms with E-state index < -0.39 is 71.1 Å². The van der Waals surface area contributed by atoms with Crippen molar-refractivity contribution in [3.63, 3.8) is 0 Å². The summed E-state index contributed by atoms with van der Waals surface area (Å²) in [5.41, 5.74) is 3.62. The van der Waals surface area contributed by atoms with Crippen molar-refractivity contribution in [2.24, 2.45) is 23.5 Å². The molecule has 1 aromatic rings. The van der Waals surface area contributed by atoms with E-state index in [1.54, 1.807) is 44.1 Å². The Hall–Kier alpha value is -3.68. The molecule has 13 nitrogen and oxygen atoms in total. The lowest BCUT2D eigenvalue weighted by atomic mass is 9.60. The molecule has 0 fully saturated rings. The number of benzene rings is 1. The summed E-state index contributed by atoms with van der Waals surface area (Å²) >= 11 is 0. The highest BCUT2D eigenvalue weighted by molar-refractivity contribution is 6.16. The first-order chi connectivity index (χ1) is 21.1. The number of Topliss-reactive ketones (excluding diaryl/α,β-unsaturated/α-hetero) is 2. The molecule has 3 rings (SSSR count). The van der Waals surface area contributed by atoms with Gasteiger partial charge in [0.05, 0.1) is 24.7 Å². The van der Waals surface area contributed by atoms with Gasteiger partial charge in [-0.25, -0.2) is 4.79 Å². The first-order valence-electron chi connectivity index (χ1n) is 15.4. The first-order valence-corrected chi connectivity index (χ1v) is 15.4. The molecule has 0 aromatic heterocycles. The summed E-state index contributed by atoms with van der Waals surface area (Å²) in [5, 5.41) is 47.8. The number of rotatable bonds is 14. The fourth-order valence-electron chi connectivity index (χ4n) is 6.52. The third kappa shape index (κ3) is 6.95. The van der Waals surface area contributed by atoms with E-state index >= 15 is 0 Å². The van der Waals surface area contributed by atoms with Gasteiger partial charge in [-0.15, -0.1) is 0 Å². The molecule has 1 unspecified atom stereocenters. The van der Waals surface area contributed by atoms with Crippen LogP contribution < -0.4 is 16.0 Å². The van der Waals surface area contributed by atoms with Crippen LogP contribution in [0.1, 0.15) is 67.4 Å². The molecule has 0 radical (unpaired) electrons. The van der Waals surface area contributed by atoms with Crippen LogP contribution in [0.3, 0.4) is 0 Å². The number of aliphatic hydroxyl groups is 3. The fraction of sp³-hybridized carbons (Fsp3) is 0.625. The second-order valence-corrected chi connectivity index (χ2v) is 12.5. The number of likely N-dealkylation sites (N-methyl/N-ethyl adjacent to an activating group) is 1. The summed E-state index contributed by atoms with van der Waals surface area (Å²) in [4.78, 5) is 55.5. The number of carbonyl (C=O) groups is 4. The van der Waals surface area contributed by atoms with E-state index in [9.17, 15) is 39.6 Å². The third-order valence-corrected chi connectivity index (χ3v) is 9.13. The molecule has 1 aromatic carbocycles. The van der Waals surface area contributed by atoms with E-state index in [-0.39, 0.29) is 42.7 Å². The number of nitrogens with zero attached hydrogens (tertiary/aromatic N) is 2. The smallest absolute Gasteiger partial charge is 0.407 e. The van der Waals surface area contributed by atoms with Crippen LogP contribution in [0.15, 0.2) is 17.4 Å². The van der Waals surface area contributed by atoms with Gasteiger partial charge in [0.25, 0.3) is 0 Å². The molecule has 0 bridgehead atoms. The molecule has 0 heterocycles. The summed E-state index contributed by atoms with van der Waals surface area (Å²) in [6.07, 6.45) is 3.24. The molecule has 0 aliphatic heterocycles. The number of hydrogen-bond donors (Lipinski definition) is 6. The van der Waals surface area contributed by atoms with E-state index in [0.29, 0.717) is 11.3 Å². The number of phenolic OH excluding ortho intramolecular Hbond substituents is 1. The maximum atomic E-state index is 14.2. The SMILES string of the molecule is CCCCCCOC(=O)NCc1cc(N(C)C)c2c(c1O)C(=O)C1=C(O)[C@](O)(C(=O)C(C)C(N)=O)[C@H]([C@@H](CO)N(C)C)C[C@@H]1C2. The number of nitrogens with two attached hydrogens (primary N) is 1. The Morgan fingerprint density at radius 1 is 1.16 bits per heavy atom. The lowest BCUT2D eigenvalue weighted by Crippen LogP contribution is -2.62. The van der Waals surface area contributed by atoms with Gasteiger partial charge in [-0.2, -0.15) is 0 Å². The number of hydrogen-bond acceptors (Lipinski definition) is 11. The molecule has 2 aliphatic carbocycles. The molecule has 7 N–H and O–H groups in total. The Bertz CT molecular complexity index is 1340. The highest BCUT2D eigenvalue weighted by atomic mass is 16.5. The fourth-order valence-corrected chi connectivity index (χ4v) is 6.52. The molecule has 0 spiro atoms. The van der Waals surface area contributed by atoms with Gasteiger partial charge in [0, 0.05) is 49.4 Å². The minimum atomic E-state index is -2.72. The average Bonchev–Trinajstić information content (AvgIpc) is 2.98. The number of unbranched alkanes of at least 4 members (excludes halogenated alkanes) is 3. The lowest BCUT2D eigenvalue weighted by molar-refractivity contribution is -0.155.